The van der Waals surface area contributed by atoms with Crippen LogP contribution in [0.5, 0.6) is 0 Å². The first-order chi connectivity index (χ1) is 9.66. The average Bonchev–Trinajstić information content (AvgIpc) is 2.98. The van der Waals surface area contributed by atoms with E-state index in [1.54, 1.807) is 19.0 Å². The van der Waals surface area contributed by atoms with E-state index in [0.29, 0.717) is 6.42 Å². The topological polar surface area (TPSA) is 35.6 Å². The highest BCUT2D eigenvalue weighted by Gasteiger charge is 2.11. The minimum Gasteiger partial charge on any atom is -0.372 e. The number of hydrogen-bond acceptors (Lipinski definition) is 3. The summed E-state index contributed by atoms with van der Waals surface area (Å²) in [5, 5.41) is 3.32. The molecule has 1 N–H and O–H groups in total. The Hall–Kier alpha value is -1.55. The zero-order valence-electron chi connectivity index (χ0n) is 12.6. The molecule has 0 saturated carbocycles. The number of anilines is 1. The van der Waals surface area contributed by atoms with Gasteiger partial charge in [0.1, 0.15) is 0 Å². The van der Waals surface area contributed by atoms with E-state index < -0.39 is 0 Å². The number of hydrogen-bond donors (Lipinski definition) is 1. The van der Waals surface area contributed by atoms with Crippen LogP contribution in [0.15, 0.2) is 24.3 Å². The summed E-state index contributed by atoms with van der Waals surface area (Å²) in [7, 11) is 3.58. The van der Waals surface area contributed by atoms with Gasteiger partial charge < -0.3 is 15.1 Å². The number of amides is 1. The third-order valence-corrected chi connectivity index (χ3v) is 3.75. The Balaban J connectivity index is 1.72. The van der Waals surface area contributed by atoms with Crippen molar-refractivity contribution in [2.45, 2.75) is 25.8 Å². The van der Waals surface area contributed by atoms with Crippen molar-refractivity contribution < 1.29 is 4.79 Å². The van der Waals surface area contributed by atoms with E-state index >= 15 is 0 Å². The van der Waals surface area contributed by atoms with E-state index in [0.717, 1.165) is 13.1 Å². The third kappa shape index (κ3) is 4.23. The summed E-state index contributed by atoms with van der Waals surface area (Å²) >= 11 is 0. The first kappa shape index (κ1) is 14.9. The second-order valence-corrected chi connectivity index (χ2v) is 5.58. The number of rotatable bonds is 6. The van der Waals surface area contributed by atoms with Crippen molar-refractivity contribution in [3.05, 3.63) is 29.8 Å². The van der Waals surface area contributed by atoms with Gasteiger partial charge in [0.25, 0.3) is 0 Å². The summed E-state index contributed by atoms with van der Waals surface area (Å²) in [4.78, 5) is 15.5. The van der Waals surface area contributed by atoms with Crippen molar-refractivity contribution in [3.63, 3.8) is 0 Å². The fourth-order valence-electron chi connectivity index (χ4n) is 2.45. The van der Waals surface area contributed by atoms with Crippen LogP contribution >= 0.6 is 0 Å². The Morgan fingerprint density at radius 2 is 1.85 bits per heavy atom. The van der Waals surface area contributed by atoms with E-state index in [2.05, 4.69) is 34.5 Å². The van der Waals surface area contributed by atoms with Crippen LogP contribution in [0.1, 0.15) is 24.8 Å². The fraction of sp³-hybridized carbons (Fsp3) is 0.562. The molecule has 1 heterocycles. The van der Waals surface area contributed by atoms with Gasteiger partial charge in [-0.05, 0) is 30.5 Å². The van der Waals surface area contributed by atoms with Gasteiger partial charge in [-0.1, -0.05) is 12.1 Å². The smallest absolute Gasteiger partial charge is 0.223 e. The van der Waals surface area contributed by atoms with Gasteiger partial charge in [0.15, 0.2) is 0 Å². The predicted octanol–water partition coefficient (Wildman–Crippen LogP) is 1.85. The first-order valence-corrected chi connectivity index (χ1v) is 7.41. The molecule has 0 aromatic heterocycles. The quantitative estimate of drug-likeness (QED) is 0.805. The Kier molecular flexibility index (Phi) is 5.41. The molecular weight excluding hydrogens is 250 g/mol. The van der Waals surface area contributed by atoms with E-state index in [9.17, 15) is 4.79 Å². The summed E-state index contributed by atoms with van der Waals surface area (Å²) in [6.45, 7) is 3.92. The normalized spacial score (nSPS) is 14.6. The molecule has 0 bridgehead atoms. The van der Waals surface area contributed by atoms with E-state index in [-0.39, 0.29) is 5.91 Å². The molecule has 1 aromatic carbocycles. The number of benzene rings is 1. The Bertz CT molecular complexity index is 422. The van der Waals surface area contributed by atoms with Crippen molar-refractivity contribution in [3.8, 4) is 0 Å². The highest BCUT2D eigenvalue weighted by atomic mass is 16.2. The van der Waals surface area contributed by atoms with E-state index in [1.165, 1.54) is 37.2 Å². The summed E-state index contributed by atoms with van der Waals surface area (Å²) < 4.78 is 0. The Labute approximate surface area is 121 Å². The molecule has 110 valence electrons. The highest BCUT2D eigenvalue weighted by molar-refractivity contribution is 5.75. The Morgan fingerprint density at radius 3 is 2.45 bits per heavy atom. The Morgan fingerprint density at radius 1 is 1.20 bits per heavy atom. The average molecular weight is 275 g/mol. The van der Waals surface area contributed by atoms with Crippen molar-refractivity contribution in [1.29, 1.82) is 0 Å². The lowest BCUT2D eigenvalue weighted by molar-refractivity contribution is -0.128. The second kappa shape index (κ2) is 7.29. The standard InChI is InChI=1S/C16H25N3O/c1-18(2)16(20)9-10-17-13-14-5-7-15(8-6-14)19-11-3-4-12-19/h5-8,17H,3-4,9-13H2,1-2H3. The SMILES string of the molecule is CN(C)C(=O)CCNCc1ccc(N2CCCC2)cc1. The van der Waals surface area contributed by atoms with Crippen LogP contribution in [-0.4, -0.2) is 44.5 Å². The maximum atomic E-state index is 11.4. The number of carbonyl (C=O) groups is 1. The molecule has 4 nitrogen and oxygen atoms in total. The largest absolute Gasteiger partial charge is 0.372 e. The molecule has 0 radical (unpaired) electrons. The molecule has 0 spiro atoms. The number of carbonyl (C=O) groups excluding carboxylic acids is 1. The van der Waals surface area contributed by atoms with E-state index in [1.807, 2.05) is 0 Å². The van der Waals surface area contributed by atoms with Gasteiger partial charge in [0.2, 0.25) is 5.91 Å². The number of nitrogens with zero attached hydrogens (tertiary/aromatic N) is 2. The zero-order valence-corrected chi connectivity index (χ0v) is 12.6. The summed E-state index contributed by atoms with van der Waals surface area (Å²) in [5.74, 6) is 0.168. The predicted molar refractivity (Wildman–Crippen MR) is 82.9 cm³/mol. The van der Waals surface area contributed by atoms with Gasteiger partial charge in [-0.2, -0.15) is 0 Å². The van der Waals surface area contributed by atoms with E-state index in [4.69, 9.17) is 0 Å². The van der Waals surface area contributed by atoms with Crippen LogP contribution in [0.3, 0.4) is 0 Å². The molecule has 2 rings (SSSR count). The van der Waals surface area contributed by atoms with Crippen molar-refractivity contribution >= 4 is 11.6 Å². The maximum absolute atomic E-state index is 11.4. The lowest BCUT2D eigenvalue weighted by atomic mass is 10.2. The van der Waals surface area contributed by atoms with Crippen LogP contribution in [0.25, 0.3) is 0 Å². The summed E-state index contributed by atoms with van der Waals surface area (Å²) in [6, 6.07) is 8.75. The molecule has 1 saturated heterocycles. The molecule has 0 unspecified atom stereocenters. The zero-order chi connectivity index (χ0) is 14.4. The van der Waals surface area contributed by atoms with Gasteiger partial charge in [-0.25, -0.2) is 0 Å². The number of nitrogens with one attached hydrogen (secondary N) is 1. The van der Waals surface area contributed by atoms with Gasteiger partial charge in [0, 0.05) is 52.4 Å². The van der Waals surface area contributed by atoms with Gasteiger partial charge >= 0.3 is 0 Å². The molecule has 4 heteroatoms. The summed E-state index contributed by atoms with van der Waals surface area (Å²) in [5.41, 5.74) is 2.60. The van der Waals surface area contributed by atoms with Crippen molar-refractivity contribution in [2.24, 2.45) is 0 Å². The molecule has 0 atom stereocenters. The van der Waals surface area contributed by atoms with Crippen molar-refractivity contribution in [2.75, 3.05) is 38.6 Å². The third-order valence-electron chi connectivity index (χ3n) is 3.75. The molecule has 1 aliphatic heterocycles. The molecule has 1 aromatic rings. The minimum absolute atomic E-state index is 0.168. The molecule has 20 heavy (non-hydrogen) atoms. The second-order valence-electron chi connectivity index (χ2n) is 5.58. The molecule has 0 aliphatic carbocycles. The lowest BCUT2D eigenvalue weighted by Gasteiger charge is -2.17. The fourth-order valence-corrected chi connectivity index (χ4v) is 2.45. The maximum Gasteiger partial charge on any atom is 0.223 e. The van der Waals surface area contributed by atoms with Crippen LogP contribution in [0.4, 0.5) is 5.69 Å². The van der Waals surface area contributed by atoms with Gasteiger partial charge in [-0.15, -0.1) is 0 Å². The molecule has 1 amide bonds. The molecule has 1 aliphatic rings. The van der Waals surface area contributed by atoms with Crippen LogP contribution in [0, 0.1) is 0 Å². The monoisotopic (exact) mass is 275 g/mol. The van der Waals surface area contributed by atoms with Gasteiger partial charge in [0.05, 0.1) is 0 Å². The minimum atomic E-state index is 0.168. The highest BCUT2D eigenvalue weighted by Crippen LogP contribution is 2.20. The van der Waals surface area contributed by atoms with Gasteiger partial charge in [-0.3, -0.25) is 4.79 Å². The van der Waals surface area contributed by atoms with Crippen LogP contribution in [0.2, 0.25) is 0 Å². The van der Waals surface area contributed by atoms with Crippen molar-refractivity contribution in [1.82, 2.24) is 10.2 Å². The summed E-state index contributed by atoms with van der Waals surface area (Å²) in [6.07, 6.45) is 3.17. The van der Waals surface area contributed by atoms with Crippen LogP contribution in [-0.2, 0) is 11.3 Å². The molecule has 1 fully saturated rings. The first-order valence-electron chi connectivity index (χ1n) is 7.41. The van der Waals surface area contributed by atoms with Crippen LogP contribution < -0.4 is 10.2 Å². The molecular formula is C16H25N3O. The lowest BCUT2D eigenvalue weighted by Crippen LogP contribution is -2.26.